The number of hydrogen-bond donors (Lipinski definition) is 2. The molecule has 0 aromatic heterocycles. The van der Waals surface area contributed by atoms with Gasteiger partial charge in [-0.25, -0.2) is 9.59 Å². The van der Waals surface area contributed by atoms with E-state index in [2.05, 4.69) is 10.6 Å². The number of amides is 2. The first kappa shape index (κ1) is 24.2. The molecule has 0 saturated heterocycles. The molecule has 2 rings (SSSR count). The highest BCUT2D eigenvalue weighted by molar-refractivity contribution is 6.05. The van der Waals surface area contributed by atoms with Gasteiger partial charge in [-0.05, 0) is 53.0 Å². The number of allylic oxidation sites excluding steroid dienone is 2. The van der Waals surface area contributed by atoms with Gasteiger partial charge in [0.1, 0.15) is 18.0 Å². The first-order valence-corrected chi connectivity index (χ1v) is 10.2. The van der Waals surface area contributed by atoms with Crippen molar-refractivity contribution in [1.29, 1.82) is 0 Å². The molecule has 1 heterocycles. The topological polar surface area (TPSA) is 103 Å². The highest BCUT2D eigenvalue weighted by atomic mass is 16.6. The third kappa shape index (κ3) is 5.99. The fourth-order valence-corrected chi connectivity index (χ4v) is 3.44. The zero-order chi connectivity index (χ0) is 23.3. The minimum atomic E-state index is -0.515. The van der Waals surface area contributed by atoms with Crippen LogP contribution in [0.4, 0.5) is 10.5 Å². The standard InChI is InChI=1S/C23H32N2O6/c1-13(9-11-17(26)31-23(3,4)5)8-10-15-19(25-22(28)24-6)18-16(12-30-21(18)27)14(2)20(15)29-7/h8H,9-12H2,1-7H3,(H2,24,25,28). The first-order valence-electron chi connectivity index (χ1n) is 10.2. The van der Waals surface area contributed by atoms with Crippen LogP contribution in [0.25, 0.3) is 0 Å². The van der Waals surface area contributed by atoms with E-state index in [0.29, 0.717) is 41.0 Å². The summed E-state index contributed by atoms with van der Waals surface area (Å²) in [7, 11) is 3.05. The number of rotatable bonds is 7. The van der Waals surface area contributed by atoms with Crippen molar-refractivity contribution in [3.05, 3.63) is 33.9 Å². The molecule has 2 amide bonds. The Labute approximate surface area is 183 Å². The Hall–Kier alpha value is -3.03. The molecule has 0 unspecified atom stereocenters. The van der Waals surface area contributed by atoms with Crippen molar-refractivity contribution in [3.8, 4) is 5.75 Å². The fourth-order valence-electron chi connectivity index (χ4n) is 3.44. The van der Waals surface area contributed by atoms with E-state index in [1.807, 2.05) is 40.7 Å². The Balaban J connectivity index is 2.34. The number of carbonyl (C=O) groups excluding carboxylic acids is 3. The molecule has 1 aliphatic heterocycles. The maximum absolute atomic E-state index is 12.4. The van der Waals surface area contributed by atoms with Crippen molar-refractivity contribution < 1.29 is 28.6 Å². The molecular weight excluding hydrogens is 400 g/mol. The van der Waals surface area contributed by atoms with Gasteiger partial charge in [0.05, 0.1) is 18.4 Å². The summed E-state index contributed by atoms with van der Waals surface area (Å²) in [5, 5.41) is 5.26. The number of esters is 2. The molecule has 0 aliphatic carbocycles. The lowest BCUT2D eigenvalue weighted by molar-refractivity contribution is -0.154. The number of nitrogens with one attached hydrogen (secondary N) is 2. The van der Waals surface area contributed by atoms with Crippen molar-refractivity contribution in [1.82, 2.24) is 5.32 Å². The van der Waals surface area contributed by atoms with Gasteiger partial charge in [-0.3, -0.25) is 4.79 Å². The number of methoxy groups -OCH3 is 1. The van der Waals surface area contributed by atoms with Gasteiger partial charge >= 0.3 is 18.0 Å². The molecule has 1 aromatic rings. The molecular formula is C23H32N2O6. The summed E-state index contributed by atoms with van der Waals surface area (Å²) in [5.74, 6) is -0.130. The quantitative estimate of drug-likeness (QED) is 0.498. The first-order chi connectivity index (χ1) is 14.5. The van der Waals surface area contributed by atoms with Crippen molar-refractivity contribution in [2.75, 3.05) is 19.5 Å². The second kappa shape index (κ2) is 9.85. The number of ether oxygens (including phenoxy) is 3. The van der Waals surface area contributed by atoms with Gasteiger partial charge < -0.3 is 24.8 Å². The van der Waals surface area contributed by atoms with Gasteiger partial charge in [0.25, 0.3) is 0 Å². The van der Waals surface area contributed by atoms with Crippen LogP contribution in [0.5, 0.6) is 5.75 Å². The summed E-state index contributed by atoms with van der Waals surface area (Å²) in [4.78, 5) is 36.4. The molecule has 0 atom stereocenters. The van der Waals surface area contributed by atoms with Gasteiger partial charge in [0.2, 0.25) is 0 Å². The Morgan fingerprint density at radius 1 is 1.23 bits per heavy atom. The van der Waals surface area contributed by atoms with Crippen molar-refractivity contribution in [2.24, 2.45) is 0 Å². The zero-order valence-corrected chi connectivity index (χ0v) is 19.4. The zero-order valence-electron chi connectivity index (χ0n) is 19.4. The molecule has 1 aromatic carbocycles. The lowest BCUT2D eigenvalue weighted by Gasteiger charge is -2.20. The van der Waals surface area contributed by atoms with Gasteiger partial charge in [-0.1, -0.05) is 11.6 Å². The van der Waals surface area contributed by atoms with E-state index in [1.54, 1.807) is 7.11 Å². The molecule has 0 spiro atoms. The SMILES string of the molecule is CNC(=O)Nc1c(CC=C(C)CCC(=O)OC(C)(C)C)c(OC)c(C)c2c1C(=O)OC2. The lowest BCUT2D eigenvalue weighted by Crippen LogP contribution is -2.26. The number of anilines is 1. The van der Waals surface area contributed by atoms with Crippen LogP contribution in [0, 0.1) is 6.92 Å². The fraction of sp³-hybridized carbons (Fsp3) is 0.522. The highest BCUT2D eigenvalue weighted by Crippen LogP contribution is 2.41. The summed E-state index contributed by atoms with van der Waals surface area (Å²) < 4.78 is 16.2. The van der Waals surface area contributed by atoms with Gasteiger partial charge in [-0.2, -0.15) is 0 Å². The average molecular weight is 433 g/mol. The molecule has 8 nitrogen and oxygen atoms in total. The lowest BCUT2D eigenvalue weighted by atomic mass is 9.93. The summed E-state index contributed by atoms with van der Waals surface area (Å²) in [6.07, 6.45) is 3.18. The molecule has 31 heavy (non-hydrogen) atoms. The molecule has 2 N–H and O–H groups in total. The minimum Gasteiger partial charge on any atom is -0.496 e. The number of urea groups is 1. The van der Waals surface area contributed by atoms with E-state index >= 15 is 0 Å². The van der Waals surface area contributed by atoms with Crippen LogP contribution < -0.4 is 15.4 Å². The van der Waals surface area contributed by atoms with Crippen molar-refractivity contribution in [3.63, 3.8) is 0 Å². The predicted molar refractivity (Wildman–Crippen MR) is 117 cm³/mol. The Kier molecular flexibility index (Phi) is 7.70. The van der Waals surface area contributed by atoms with Crippen LogP contribution >= 0.6 is 0 Å². The number of hydrogen-bond acceptors (Lipinski definition) is 6. The summed E-state index contributed by atoms with van der Waals surface area (Å²) in [6.45, 7) is 9.44. The second-order valence-corrected chi connectivity index (χ2v) is 8.49. The van der Waals surface area contributed by atoms with Crippen LogP contribution in [-0.4, -0.2) is 37.7 Å². The highest BCUT2D eigenvalue weighted by Gasteiger charge is 2.32. The third-order valence-electron chi connectivity index (χ3n) is 4.94. The van der Waals surface area contributed by atoms with Crippen LogP contribution in [0.3, 0.4) is 0 Å². The summed E-state index contributed by atoms with van der Waals surface area (Å²) in [6, 6.07) is -0.445. The molecule has 0 fully saturated rings. The average Bonchev–Trinajstić information content (AvgIpc) is 3.07. The second-order valence-electron chi connectivity index (χ2n) is 8.49. The van der Waals surface area contributed by atoms with E-state index < -0.39 is 17.6 Å². The molecule has 170 valence electrons. The van der Waals surface area contributed by atoms with E-state index in [0.717, 1.165) is 11.1 Å². The number of benzene rings is 1. The summed E-state index contributed by atoms with van der Waals surface area (Å²) in [5.41, 5.74) is 3.41. The van der Waals surface area contributed by atoms with Gasteiger partial charge in [0, 0.05) is 24.6 Å². The molecule has 8 heteroatoms. The van der Waals surface area contributed by atoms with Gasteiger partial charge in [0.15, 0.2) is 0 Å². The molecule has 0 radical (unpaired) electrons. The largest absolute Gasteiger partial charge is 0.496 e. The summed E-state index contributed by atoms with van der Waals surface area (Å²) >= 11 is 0. The van der Waals surface area contributed by atoms with Crippen LogP contribution in [0.15, 0.2) is 11.6 Å². The van der Waals surface area contributed by atoms with Crippen molar-refractivity contribution in [2.45, 2.75) is 66.1 Å². The Morgan fingerprint density at radius 3 is 2.48 bits per heavy atom. The molecule has 1 aliphatic rings. The Bertz CT molecular complexity index is 912. The molecule has 0 bridgehead atoms. The maximum Gasteiger partial charge on any atom is 0.341 e. The Morgan fingerprint density at radius 2 is 1.90 bits per heavy atom. The van der Waals surface area contributed by atoms with E-state index in [1.165, 1.54) is 7.05 Å². The van der Waals surface area contributed by atoms with E-state index in [4.69, 9.17) is 14.2 Å². The number of carbonyl (C=O) groups is 3. The van der Waals surface area contributed by atoms with Gasteiger partial charge in [-0.15, -0.1) is 0 Å². The predicted octanol–water partition coefficient (Wildman–Crippen LogP) is 4.04. The van der Waals surface area contributed by atoms with Crippen molar-refractivity contribution >= 4 is 23.7 Å². The van der Waals surface area contributed by atoms with Crippen LogP contribution in [-0.2, 0) is 27.3 Å². The van der Waals surface area contributed by atoms with E-state index in [-0.39, 0.29) is 19.0 Å². The van der Waals surface area contributed by atoms with Crippen LogP contribution in [0.2, 0.25) is 0 Å². The van der Waals surface area contributed by atoms with Crippen LogP contribution in [0.1, 0.15) is 67.6 Å². The number of fused-ring (bicyclic) bond motifs is 1. The molecule has 0 saturated carbocycles. The minimum absolute atomic E-state index is 0.143. The maximum atomic E-state index is 12.4. The monoisotopic (exact) mass is 432 g/mol. The van der Waals surface area contributed by atoms with E-state index in [9.17, 15) is 14.4 Å². The smallest absolute Gasteiger partial charge is 0.341 e. The number of cyclic esters (lactones) is 1. The normalized spacial score (nSPS) is 13.4. The third-order valence-corrected chi connectivity index (χ3v) is 4.94.